The summed E-state index contributed by atoms with van der Waals surface area (Å²) in [7, 11) is 0. The number of rotatable bonds is 3. The highest BCUT2D eigenvalue weighted by Gasteiger charge is 2.06. The predicted octanol–water partition coefficient (Wildman–Crippen LogP) is -1.12. The van der Waals surface area contributed by atoms with Crippen LogP contribution in [0.2, 0.25) is 0 Å². The van der Waals surface area contributed by atoms with Crippen LogP contribution in [-0.4, -0.2) is 25.8 Å². The van der Waals surface area contributed by atoms with Crippen LogP contribution < -0.4 is 5.73 Å². The van der Waals surface area contributed by atoms with Crippen molar-refractivity contribution in [1.82, 2.24) is 0 Å². The largest absolute Gasteiger partial charge is 0.377 e. The first-order valence-electron chi connectivity index (χ1n) is 2.16. The molecule has 0 spiro atoms. The summed E-state index contributed by atoms with van der Waals surface area (Å²) in [4.78, 5) is 0. The van der Waals surface area contributed by atoms with Gasteiger partial charge >= 0.3 is 0 Å². The fourth-order valence-corrected chi connectivity index (χ4v) is 0.581. The SMILES string of the molecule is NCCC(O)S(=O)O. The molecule has 0 saturated heterocycles. The first-order chi connectivity index (χ1) is 3.68. The quantitative estimate of drug-likeness (QED) is 0.432. The van der Waals surface area contributed by atoms with E-state index in [1.54, 1.807) is 0 Å². The van der Waals surface area contributed by atoms with Crippen molar-refractivity contribution < 1.29 is 13.9 Å². The smallest absolute Gasteiger partial charge is 0.182 e. The van der Waals surface area contributed by atoms with Crippen LogP contribution in [0.5, 0.6) is 0 Å². The topological polar surface area (TPSA) is 83.5 Å². The van der Waals surface area contributed by atoms with Gasteiger partial charge in [0.15, 0.2) is 16.5 Å². The molecule has 0 aliphatic heterocycles. The van der Waals surface area contributed by atoms with E-state index in [9.17, 15) is 4.21 Å². The second-order valence-electron chi connectivity index (χ2n) is 1.31. The Morgan fingerprint density at radius 3 is 2.38 bits per heavy atom. The summed E-state index contributed by atoms with van der Waals surface area (Å²) in [6.07, 6.45) is 0.170. The number of aliphatic hydroxyl groups is 1. The highest BCUT2D eigenvalue weighted by atomic mass is 32.2. The van der Waals surface area contributed by atoms with Gasteiger partial charge in [-0.15, -0.1) is 0 Å². The number of aliphatic hydroxyl groups excluding tert-OH is 1. The summed E-state index contributed by atoms with van der Waals surface area (Å²) >= 11 is -2.13. The zero-order valence-corrected chi connectivity index (χ0v) is 5.10. The van der Waals surface area contributed by atoms with Crippen LogP contribution in [0.1, 0.15) is 6.42 Å². The molecule has 0 saturated carbocycles. The van der Waals surface area contributed by atoms with Crippen molar-refractivity contribution in [2.45, 2.75) is 11.9 Å². The van der Waals surface area contributed by atoms with Gasteiger partial charge in [0, 0.05) is 0 Å². The molecule has 0 amide bonds. The Bertz CT molecular complexity index is 86.6. The normalized spacial score (nSPS) is 17.9. The van der Waals surface area contributed by atoms with Crippen molar-refractivity contribution in [1.29, 1.82) is 0 Å². The summed E-state index contributed by atoms with van der Waals surface area (Å²) < 4.78 is 18.0. The van der Waals surface area contributed by atoms with Crippen LogP contribution in [0.15, 0.2) is 0 Å². The van der Waals surface area contributed by atoms with Gasteiger partial charge in [0.25, 0.3) is 0 Å². The molecule has 0 radical (unpaired) electrons. The fourth-order valence-electron chi connectivity index (χ4n) is 0.243. The van der Waals surface area contributed by atoms with Gasteiger partial charge in [0.05, 0.1) is 0 Å². The Kier molecular flexibility index (Phi) is 3.98. The van der Waals surface area contributed by atoms with Gasteiger partial charge in [-0.2, -0.15) is 0 Å². The van der Waals surface area contributed by atoms with Gasteiger partial charge < -0.3 is 15.4 Å². The van der Waals surface area contributed by atoms with E-state index in [0.717, 1.165) is 0 Å². The monoisotopic (exact) mass is 139 g/mol. The average molecular weight is 139 g/mol. The molecule has 0 aromatic rings. The van der Waals surface area contributed by atoms with Crippen molar-refractivity contribution in [2.24, 2.45) is 5.73 Å². The standard InChI is InChI=1S/C3H9NO3S/c4-2-1-3(5)8(6)7/h3,5H,1-2,4H2,(H,6,7). The van der Waals surface area contributed by atoms with Crippen molar-refractivity contribution in [2.75, 3.05) is 6.54 Å². The van der Waals surface area contributed by atoms with E-state index in [1.807, 2.05) is 0 Å². The zero-order valence-electron chi connectivity index (χ0n) is 4.28. The number of hydrogen-bond acceptors (Lipinski definition) is 3. The Hall–Kier alpha value is 0.0300. The molecule has 50 valence electrons. The molecule has 0 aromatic heterocycles. The zero-order chi connectivity index (χ0) is 6.57. The first kappa shape index (κ1) is 8.03. The Morgan fingerprint density at radius 1 is 1.75 bits per heavy atom. The van der Waals surface area contributed by atoms with Crippen LogP contribution >= 0.6 is 0 Å². The van der Waals surface area contributed by atoms with E-state index >= 15 is 0 Å². The van der Waals surface area contributed by atoms with Crippen LogP contribution in [0.4, 0.5) is 0 Å². The fraction of sp³-hybridized carbons (Fsp3) is 1.00. The summed E-state index contributed by atoms with van der Waals surface area (Å²) in [6.45, 7) is 0.230. The lowest BCUT2D eigenvalue weighted by Gasteiger charge is -2.00. The minimum atomic E-state index is -2.13. The first-order valence-corrected chi connectivity index (χ1v) is 3.33. The van der Waals surface area contributed by atoms with Gasteiger partial charge in [0.1, 0.15) is 0 Å². The maximum atomic E-state index is 9.89. The van der Waals surface area contributed by atoms with Crippen molar-refractivity contribution in [3.63, 3.8) is 0 Å². The van der Waals surface area contributed by atoms with Gasteiger partial charge in [0.2, 0.25) is 0 Å². The minimum absolute atomic E-state index is 0.170. The van der Waals surface area contributed by atoms with E-state index in [2.05, 4.69) is 0 Å². The third kappa shape index (κ3) is 3.09. The summed E-state index contributed by atoms with van der Waals surface area (Å²) in [5, 5.41) is 8.50. The molecule has 0 rings (SSSR count). The molecule has 2 unspecified atom stereocenters. The van der Waals surface area contributed by atoms with E-state index < -0.39 is 16.5 Å². The Morgan fingerprint density at radius 2 is 2.25 bits per heavy atom. The molecular formula is C3H9NO3S. The summed E-state index contributed by atoms with van der Waals surface area (Å²) in [5.41, 5.74) is 3.78. The Labute approximate surface area is 50.0 Å². The van der Waals surface area contributed by atoms with Gasteiger partial charge in [-0.25, -0.2) is 4.21 Å². The highest BCUT2D eigenvalue weighted by molar-refractivity contribution is 7.79. The number of nitrogens with two attached hydrogens (primary N) is 1. The molecule has 0 heterocycles. The molecule has 0 bridgehead atoms. The molecular weight excluding hydrogens is 130 g/mol. The third-order valence-corrected chi connectivity index (χ3v) is 1.35. The van der Waals surface area contributed by atoms with Crippen molar-refractivity contribution in [3.05, 3.63) is 0 Å². The van der Waals surface area contributed by atoms with Crippen molar-refractivity contribution >= 4 is 11.1 Å². The van der Waals surface area contributed by atoms with Gasteiger partial charge in [-0.3, -0.25) is 0 Å². The molecule has 5 heteroatoms. The lowest BCUT2D eigenvalue weighted by atomic mass is 10.5. The molecule has 8 heavy (non-hydrogen) atoms. The van der Waals surface area contributed by atoms with Crippen LogP contribution in [-0.2, 0) is 11.1 Å². The molecule has 2 atom stereocenters. The predicted molar refractivity (Wildman–Crippen MR) is 30.4 cm³/mol. The second kappa shape index (κ2) is 3.96. The van der Waals surface area contributed by atoms with Crippen LogP contribution in [0.25, 0.3) is 0 Å². The maximum absolute atomic E-state index is 9.89. The molecule has 0 fully saturated rings. The van der Waals surface area contributed by atoms with Crippen LogP contribution in [0, 0.1) is 0 Å². The second-order valence-corrected chi connectivity index (χ2v) is 2.40. The molecule has 4 N–H and O–H groups in total. The van der Waals surface area contributed by atoms with E-state index in [4.69, 9.17) is 15.4 Å². The lowest BCUT2D eigenvalue weighted by Crippen LogP contribution is -2.17. The third-order valence-electron chi connectivity index (χ3n) is 0.646. The van der Waals surface area contributed by atoms with Gasteiger partial charge in [-0.05, 0) is 13.0 Å². The molecule has 0 aliphatic rings. The van der Waals surface area contributed by atoms with E-state index in [0.29, 0.717) is 0 Å². The average Bonchev–Trinajstić information content (AvgIpc) is 1.67. The van der Waals surface area contributed by atoms with Crippen molar-refractivity contribution in [3.8, 4) is 0 Å². The maximum Gasteiger partial charge on any atom is 0.182 e. The highest BCUT2D eigenvalue weighted by Crippen LogP contribution is 1.91. The summed E-state index contributed by atoms with van der Waals surface area (Å²) in [6, 6.07) is 0. The number of hydrogen-bond donors (Lipinski definition) is 3. The lowest BCUT2D eigenvalue weighted by molar-refractivity contribution is 0.238. The summed E-state index contributed by atoms with van der Waals surface area (Å²) in [5.74, 6) is 0. The molecule has 4 nitrogen and oxygen atoms in total. The van der Waals surface area contributed by atoms with Gasteiger partial charge in [-0.1, -0.05) is 0 Å². The van der Waals surface area contributed by atoms with Crippen LogP contribution in [0.3, 0.4) is 0 Å². The van der Waals surface area contributed by atoms with E-state index in [1.165, 1.54) is 0 Å². The Balaban J connectivity index is 3.32. The minimum Gasteiger partial charge on any atom is -0.377 e. The molecule has 0 aliphatic carbocycles. The van der Waals surface area contributed by atoms with E-state index in [-0.39, 0.29) is 13.0 Å². The molecule has 0 aromatic carbocycles.